The summed E-state index contributed by atoms with van der Waals surface area (Å²) in [6, 6.07) is 23.2. The third-order valence-electron chi connectivity index (χ3n) is 3.72. The lowest BCUT2D eigenvalue weighted by Crippen LogP contribution is -2.20. The van der Waals surface area contributed by atoms with Crippen molar-refractivity contribution in [1.82, 2.24) is 0 Å². The molecule has 0 spiro atoms. The number of carbonyl (C=O) groups is 1. The third-order valence-corrected chi connectivity index (χ3v) is 4.03. The SMILES string of the molecule is Cc1ccc(Cl)c(OCC(=O)Nc2ccc(-c3ccccc3)cc2)c1. The normalized spacial score (nSPS) is 10.3. The van der Waals surface area contributed by atoms with Crippen molar-refractivity contribution in [2.24, 2.45) is 0 Å². The van der Waals surface area contributed by atoms with Crippen LogP contribution in [0.4, 0.5) is 5.69 Å². The number of anilines is 1. The van der Waals surface area contributed by atoms with Gasteiger partial charge >= 0.3 is 0 Å². The van der Waals surface area contributed by atoms with Crippen LogP contribution in [-0.2, 0) is 4.79 Å². The Morgan fingerprint density at radius 2 is 1.64 bits per heavy atom. The van der Waals surface area contributed by atoms with Crippen molar-refractivity contribution in [3.8, 4) is 16.9 Å². The number of ether oxygens (including phenoxy) is 1. The molecule has 0 saturated carbocycles. The van der Waals surface area contributed by atoms with Crippen LogP contribution in [0.15, 0.2) is 72.8 Å². The second kappa shape index (κ2) is 7.86. The first-order valence-corrected chi connectivity index (χ1v) is 8.34. The van der Waals surface area contributed by atoms with Gasteiger partial charge in [-0.3, -0.25) is 4.79 Å². The van der Waals surface area contributed by atoms with E-state index in [1.807, 2.05) is 73.7 Å². The number of hydrogen-bond donors (Lipinski definition) is 1. The quantitative estimate of drug-likeness (QED) is 0.674. The van der Waals surface area contributed by atoms with E-state index in [0.717, 1.165) is 22.4 Å². The fourth-order valence-electron chi connectivity index (χ4n) is 2.44. The van der Waals surface area contributed by atoms with Gasteiger partial charge < -0.3 is 10.1 Å². The summed E-state index contributed by atoms with van der Waals surface area (Å²) in [5.74, 6) is 0.279. The molecule has 1 amide bonds. The van der Waals surface area contributed by atoms with Crippen LogP contribution >= 0.6 is 11.6 Å². The summed E-state index contributed by atoms with van der Waals surface area (Å²) in [6.45, 7) is 1.85. The highest BCUT2D eigenvalue weighted by Gasteiger charge is 2.07. The average Bonchev–Trinajstić information content (AvgIpc) is 2.64. The fourth-order valence-corrected chi connectivity index (χ4v) is 2.61. The van der Waals surface area contributed by atoms with Crippen LogP contribution in [0.5, 0.6) is 5.75 Å². The van der Waals surface area contributed by atoms with Gasteiger partial charge in [0, 0.05) is 5.69 Å². The van der Waals surface area contributed by atoms with Gasteiger partial charge in [-0.1, -0.05) is 60.1 Å². The first kappa shape index (κ1) is 17.1. The summed E-state index contributed by atoms with van der Waals surface area (Å²) in [5.41, 5.74) is 3.99. The Hall–Kier alpha value is -2.78. The number of nitrogens with one attached hydrogen (secondary N) is 1. The summed E-state index contributed by atoms with van der Waals surface area (Å²) in [6.07, 6.45) is 0. The number of carbonyl (C=O) groups excluding carboxylic acids is 1. The Balaban J connectivity index is 1.59. The molecule has 3 aromatic carbocycles. The van der Waals surface area contributed by atoms with Gasteiger partial charge in [0.1, 0.15) is 5.75 Å². The standard InChI is InChI=1S/C21H18ClNO2/c1-15-7-12-19(22)20(13-15)25-14-21(24)23-18-10-8-17(9-11-18)16-5-3-2-4-6-16/h2-13H,14H2,1H3,(H,23,24). The highest BCUT2D eigenvalue weighted by molar-refractivity contribution is 6.32. The highest BCUT2D eigenvalue weighted by Crippen LogP contribution is 2.25. The van der Waals surface area contributed by atoms with Crippen molar-refractivity contribution in [3.63, 3.8) is 0 Å². The van der Waals surface area contributed by atoms with E-state index in [1.54, 1.807) is 6.07 Å². The lowest BCUT2D eigenvalue weighted by atomic mass is 10.1. The lowest BCUT2D eigenvalue weighted by molar-refractivity contribution is -0.118. The summed E-state index contributed by atoms with van der Waals surface area (Å²) in [5, 5.41) is 3.31. The molecule has 0 unspecified atom stereocenters. The molecule has 0 aliphatic carbocycles. The summed E-state index contributed by atoms with van der Waals surface area (Å²) in [4.78, 5) is 12.1. The van der Waals surface area contributed by atoms with Crippen LogP contribution in [0, 0.1) is 6.92 Å². The maximum Gasteiger partial charge on any atom is 0.262 e. The van der Waals surface area contributed by atoms with Crippen molar-refractivity contribution in [2.75, 3.05) is 11.9 Å². The molecule has 0 aliphatic heterocycles. The summed E-state index contributed by atoms with van der Waals surface area (Å²) < 4.78 is 5.50. The average molecular weight is 352 g/mol. The number of rotatable bonds is 5. The number of aryl methyl sites for hydroxylation is 1. The van der Waals surface area contributed by atoms with E-state index < -0.39 is 0 Å². The second-order valence-corrected chi connectivity index (χ2v) is 6.12. The van der Waals surface area contributed by atoms with Crippen LogP contribution in [0.1, 0.15) is 5.56 Å². The maximum atomic E-state index is 12.1. The summed E-state index contributed by atoms with van der Waals surface area (Å²) >= 11 is 6.06. The molecule has 0 aliphatic rings. The van der Waals surface area contributed by atoms with Gasteiger partial charge in [0.2, 0.25) is 0 Å². The second-order valence-electron chi connectivity index (χ2n) is 5.71. The number of halogens is 1. The Kier molecular flexibility index (Phi) is 5.36. The first-order valence-electron chi connectivity index (χ1n) is 7.96. The molecular weight excluding hydrogens is 334 g/mol. The van der Waals surface area contributed by atoms with E-state index in [0.29, 0.717) is 10.8 Å². The van der Waals surface area contributed by atoms with E-state index in [9.17, 15) is 4.79 Å². The van der Waals surface area contributed by atoms with Crippen molar-refractivity contribution < 1.29 is 9.53 Å². The number of hydrogen-bond acceptors (Lipinski definition) is 2. The topological polar surface area (TPSA) is 38.3 Å². The zero-order chi connectivity index (χ0) is 17.6. The minimum absolute atomic E-state index is 0.0936. The molecular formula is C21H18ClNO2. The molecule has 25 heavy (non-hydrogen) atoms. The summed E-state index contributed by atoms with van der Waals surface area (Å²) in [7, 11) is 0. The van der Waals surface area contributed by atoms with E-state index in [4.69, 9.17) is 16.3 Å². The Labute approximate surface area is 152 Å². The third kappa shape index (κ3) is 4.61. The molecule has 0 saturated heterocycles. The largest absolute Gasteiger partial charge is 0.482 e. The molecule has 0 heterocycles. The van der Waals surface area contributed by atoms with Gasteiger partial charge in [0.25, 0.3) is 5.91 Å². The van der Waals surface area contributed by atoms with Gasteiger partial charge in [0.05, 0.1) is 5.02 Å². The minimum atomic E-state index is -0.231. The van der Waals surface area contributed by atoms with Gasteiger partial charge in [-0.05, 0) is 47.9 Å². The predicted molar refractivity (Wildman–Crippen MR) is 102 cm³/mol. The molecule has 0 fully saturated rings. The van der Waals surface area contributed by atoms with Crippen molar-refractivity contribution in [2.45, 2.75) is 6.92 Å². The van der Waals surface area contributed by atoms with Gasteiger partial charge in [-0.25, -0.2) is 0 Å². The monoisotopic (exact) mass is 351 g/mol. The maximum absolute atomic E-state index is 12.1. The Bertz CT molecular complexity index is 861. The molecule has 3 nitrogen and oxygen atoms in total. The lowest BCUT2D eigenvalue weighted by Gasteiger charge is -2.10. The molecule has 0 radical (unpaired) electrons. The van der Waals surface area contributed by atoms with Crippen LogP contribution in [0.2, 0.25) is 5.02 Å². The predicted octanol–water partition coefficient (Wildman–Crippen LogP) is 5.33. The molecule has 0 bridgehead atoms. The van der Waals surface area contributed by atoms with E-state index >= 15 is 0 Å². The molecule has 0 aromatic heterocycles. The van der Waals surface area contributed by atoms with Crippen molar-refractivity contribution in [3.05, 3.63) is 83.4 Å². The Morgan fingerprint density at radius 1 is 0.960 bits per heavy atom. The molecule has 1 N–H and O–H groups in total. The zero-order valence-electron chi connectivity index (χ0n) is 13.8. The first-order chi connectivity index (χ1) is 12.1. The molecule has 126 valence electrons. The van der Waals surface area contributed by atoms with E-state index in [1.165, 1.54) is 0 Å². The van der Waals surface area contributed by atoms with Crippen LogP contribution in [-0.4, -0.2) is 12.5 Å². The van der Waals surface area contributed by atoms with Crippen LogP contribution in [0.25, 0.3) is 11.1 Å². The van der Waals surface area contributed by atoms with Crippen LogP contribution < -0.4 is 10.1 Å². The molecule has 3 rings (SSSR count). The van der Waals surface area contributed by atoms with Gasteiger partial charge in [-0.15, -0.1) is 0 Å². The minimum Gasteiger partial charge on any atom is -0.482 e. The molecule has 0 atom stereocenters. The zero-order valence-corrected chi connectivity index (χ0v) is 14.6. The van der Waals surface area contributed by atoms with Crippen molar-refractivity contribution in [1.29, 1.82) is 0 Å². The van der Waals surface area contributed by atoms with Crippen molar-refractivity contribution >= 4 is 23.2 Å². The Morgan fingerprint density at radius 3 is 2.36 bits per heavy atom. The van der Waals surface area contributed by atoms with Gasteiger partial charge in [0.15, 0.2) is 6.61 Å². The smallest absolute Gasteiger partial charge is 0.262 e. The van der Waals surface area contributed by atoms with E-state index in [-0.39, 0.29) is 12.5 Å². The van der Waals surface area contributed by atoms with Gasteiger partial charge in [-0.2, -0.15) is 0 Å². The number of amides is 1. The molecule has 4 heteroatoms. The fraction of sp³-hybridized carbons (Fsp3) is 0.0952. The van der Waals surface area contributed by atoms with Crippen LogP contribution in [0.3, 0.4) is 0 Å². The highest BCUT2D eigenvalue weighted by atomic mass is 35.5. The number of benzene rings is 3. The van der Waals surface area contributed by atoms with E-state index in [2.05, 4.69) is 5.32 Å². The molecule has 3 aromatic rings.